The molecule has 0 bridgehead atoms. The first-order valence-corrected chi connectivity index (χ1v) is 5.88. The van der Waals surface area contributed by atoms with Gasteiger partial charge in [0, 0.05) is 24.7 Å². The summed E-state index contributed by atoms with van der Waals surface area (Å²) >= 11 is 5.82. The van der Waals surface area contributed by atoms with Crippen molar-refractivity contribution in [1.29, 1.82) is 5.26 Å². The van der Waals surface area contributed by atoms with Crippen LogP contribution in [0.25, 0.3) is 5.57 Å². The summed E-state index contributed by atoms with van der Waals surface area (Å²) in [6.45, 7) is 0. The smallest absolute Gasteiger partial charge is 0.259 e. The number of carbonyl (C=O) groups excluding carboxylic acids is 1. The fourth-order valence-electron chi connectivity index (χ4n) is 1.43. The van der Waals surface area contributed by atoms with Crippen LogP contribution in [0, 0.1) is 11.3 Å². The van der Waals surface area contributed by atoms with Gasteiger partial charge in [0.2, 0.25) is 0 Å². The molecule has 1 rings (SSSR count). The molecule has 0 aliphatic carbocycles. The van der Waals surface area contributed by atoms with E-state index in [1.54, 1.807) is 41.4 Å². The molecule has 0 aliphatic rings. The SMILES string of the molecule is CN(C)/C=C/C(=C(\C#N)C(N)=O)c1ccc(Cl)cc1. The van der Waals surface area contributed by atoms with Gasteiger partial charge in [0.1, 0.15) is 11.6 Å². The lowest BCUT2D eigenvalue weighted by Crippen LogP contribution is -2.14. The van der Waals surface area contributed by atoms with Crippen molar-refractivity contribution in [3.63, 3.8) is 0 Å². The fourth-order valence-corrected chi connectivity index (χ4v) is 1.55. The van der Waals surface area contributed by atoms with Crippen LogP contribution in [0.1, 0.15) is 5.56 Å². The maximum atomic E-state index is 11.3. The van der Waals surface area contributed by atoms with Crippen molar-refractivity contribution in [1.82, 2.24) is 4.90 Å². The van der Waals surface area contributed by atoms with Crippen molar-refractivity contribution in [2.45, 2.75) is 0 Å². The van der Waals surface area contributed by atoms with Crippen LogP contribution in [0.15, 0.2) is 42.1 Å². The zero-order chi connectivity index (χ0) is 14.4. The number of rotatable bonds is 4. The first-order valence-electron chi connectivity index (χ1n) is 5.50. The topological polar surface area (TPSA) is 70.1 Å². The number of nitrogens with zero attached hydrogens (tertiary/aromatic N) is 2. The molecule has 98 valence electrons. The number of amides is 1. The van der Waals surface area contributed by atoms with Crippen molar-refractivity contribution in [3.8, 4) is 6.07 Å². The lowest BCUT2D eigenvalue weighted by molar-refractivity contribution is -0.114. The van der Waals surface area contributed by atoms with E-state index in [1.807, 2.05) is 20.2 Å². The maximum Gasteiger partial charge on any atom is 0.259 e. The molecule has 5 heteroatoms. The van der Waals surface area contributed by atoms with Gasteiger partial charge in [-0.2, -0.15) is 5.26 Å². The Kier molecular flexibility index (Phi) is 5.16. The van der Waals surface area contributed by atoms with Gasteiger partial charge < -0.3 is 10.6 Å². The average Bonchev–Trinajstić information content (AvgIpc) is 2.35. The van der Waals surface area contributed by atoms with Gasteiger partial charge in [0.05, 0.1) is 0 Å². The second-order valence-corrected chi connectivity index (χ2v) is 4.49. The van der Waals surface area contributed by atoms with Crippen LogP contribution < -0.4 is 5.73 Å². The molecule has 1 amide bonds. The van der Waals surface area contributed by atoms with E-state index in [-0.39, 0.29) is 5.57 Å². The minimum Gasteiger partial charge on any atom is -0.383 e. The Morgan fingerprint density at radius 2 is 1.95 bits per heavy atom. The highest BCUT2D eigenvalue weighted by molar-refractivity contribution is 6.30. The Morgan fingerprint density at radius 1 is 1.37 bits per heavy atom. The van der Waals surface area contributed by atoms with Gasteiger partial charge in [0.15, 0.2) is 0 Å². The van der Waals surface area contributed by atoms with Gasteiger partial charge >= 0.3 is 0 Å². The first-order chi connectivity index (χ1) is 8.95. The van der Waals surface area contributed by atoms with Crippen LogP contribution in [0.4, 0.5) is 0 Å². The molecule has 2 N–H and O–H groups in total. The standard InChI is InChI=1S/C14H14ClN3O/c1-18(2)8-7-12(13(9-16)14(17)19)10-3-5-11(15)6-4-10/h3-8H,1-2H3,(H2,17,19)/b8-7+,13-12-. The number of nitrogens with two attached hydrogens (primary N) is 1. The molecular formula is C14H14ClN3O. The van der Waals surface area contributed by atoms with Gasteiger partial charge in [0.25, 0.3) is 5.91 Å². The van der Waals surface area contributed by atoms with Gasteiger partial charge in [-0.3, -0.25) is 4.79 Å². The number of carbonyl (C=O) groups is 1. The summed E-state index contributed by atoms with van der Waals surface area (Å²) in [5.41, 5.74) is 6.32. The molecule has 0 fully saturated rings. The molecule has 0 saturated carbocycles. The second kappa shape index (κ2) is 6.62. The molecule has 4 nitrogen and oxygen atoms in total. The van der Waals surface area contributed by atoms with Gasteiger partial charge in [-0.15, -0.1) is 0 Å². The predicted octanol–water partition coefficient (Wildman–Crippen LogP) is 2.18. The third-order valence-electron chi connectivity index (χ3n) is 2.32. The molecular weight excluding hydrogens is 262 g/mol. The molecule has 0 radical (unpaired) electrons. The quantitative estimate of drug-likeness (QED) is 0.520. The largest absolute Gasteiger partial charge is 0.383 e. The number of benzene rings is 1. The van der Waals surface area contributed by atoms with Gasteiger partial charge in [-0.25, -0.2) is 0 Å². The Morgan fingerprint density at radius 3 is 2.37 bits per heavy atom. The Balaban J connectivity index is 3.39. The molecule has 0 aliphatic heterocycles. The summed E-state index contributed by atoms with van der Waals surface area (Å²) in [6.07, 6.45) is 3.41. The van der Waals surface area contributed by atoms with Crippen LogP contribution in [-0.2, 0) is 4.79 Å². The molecule has 0 atom stereocenters. The van der Waals surface area contributed by atoms with Crippen molar-refractivity contribution in [3.05, 3.63) is 52.7 Å². The summed E-state index contributed by atoms with van der Waals surface area (Å²) in [5, 5.41) is 9.65. The van der Waals surface area contributed by atoms with Crippen molar-refractivity contribution in [2.75, 3.05) is 14.1 Å². The average molecular weight is 276 g/mol. The Bertz CT molecular complexity index is 565. The maximum absolute atomic E-state index is 11.3. The van der Waals surface area contributed by atoms with E-state index in [9.17, 15) is 4.79 Å². The third-order valence-corrected chi connectivity index (χ3v) is 2.57. The number of primary amides is 1. The minimum atomic E-state index is -0.754. The van der Waals surface area contributed by atoms with E-state index in [1.165, 1.54) is 0 Å². The molecule has 19 heavy (non-hydrogen) atoms. The first kappa shape index (κ1) is 14.8. The molecule has 0 unspecified atom stereocenters. The normalized spacial score (nSPS) is 11.9. The van der Waals surface area contributed by atoms with Crippen molar-refractivity contribution in [2.24, 2.45) is 5.73 Å². The van der Waals surface area contributed by atoms with Crippen LogP contribution >= 0.6 is 11.6 Å². The van der Waals surface area contributed by atoms with E-state index in [4.69, 9.17) is 22.6 Å². The number of hydrogen-bond donors (Lipinski definition) is 1. The number of allylic oxidation sites excluding steroid dienone is 2. The highest BCUT2D eigenvalue weighted by Crippen LogP contribution is 2.22. The second-order valence-electron chi connectivity index (χ2n) is 4.05. The summed E-state index contributed by atoms with van der Waals surface area (Å²) in [7, 11) is 3.68. The van der Waals surface area contributed by atoms with Crippen LogP contribution in [0.2, 0.25) is 5.02 Å². The van der Waals surface area contributed by atoms with Crippen molar-refractivity contribution >= 4 is 23.1 Å². The highest BCUT2D eigenvalue weighted by Gasteiger charge is 2.12. The summed E-state index contributed by atoms with van der Waals surface area (Å²) in [6, 6.07) is 8.69. The number of halogens is 1. The van der Waals surface area contributed by atoms with Gasteiger partial charge in [-0.05, 0) is 30.0 Å². The van der Waals surface area contributed by atoms with E-state index in [2.05, 4.69) is 0 Å². The lowest BCUT2D eigenvalue weighted by atomic mass is 10.00. The number of nitriles is 1. The predicted molar refractivity (Wildman–Crippen MR) is 76.0 cm³/mol. The summed E-state index contributed by atoms with van der Waals surface area (Å²) in [4.78, 5) is 13.1. The van der Waals surface area contributed by atoms with E-state index < -0.39 is 5.91 Å². The monoisotopic (exact) mass is 275 g/mol. The van der Waals surface area contributed by atoms with Crippen LogP contribution in [0.5, 0.6) is 0 Å². The minimum absolute atomic E-state index is 0.0829. The molecule has 0 saturated heterocycles. The molecule has 1 aromatic carbocycles. The molecule has 0 spiro atoms. The Hall–Kier alpha value is -2.25. The van der Waals surface area contributed by atoms with E-state index in [0.717, 1.165) is 0 Å². The van der Waals surface area contributed by atoms with E-state index in [0.29, 0.717) is 16.2 Å². The van der Waals surface area contributed by atoms with E-state index >= 15 is 0 Å². The van der Waals surface area contributed by atoms with Crippen molar-refractivity contribution < 1.29 is 4.79 Å². The summed E-state index contributed by atoms with van der Waals surface area (Å²) in [5.74, 6) is -0.754. The number of hydrogen-bond acceptors (Lipinski definition) is 3. The van der Waals surface area contributed by atoms with Crippen LogP contribution in [-0.4, -0.2) is 24.9 Å². The fraction of sp³-hybridized carbons (Fsp3) is 0.143. The molecule has 0 aromatic heterocycles. The van der Waals surface area contributed by atoms with Gasteiger partial charge in [-0.1, -0.05) is 23.7 Å². The molecule has 0 heterocycles. The summed E-state index contributed by atoms with van der Waals surface area (Å²) < 4.78 is 0. The lowest BCUT2D eigenvalue weighted by Gasteiger charge is -2.08. The Labute approximate surface area is 117 Å². The zero-order valence-electron chi connectivity index (χ0n) is 10.7. The zero-order valence-corrected chi connectivity index (χ0v) is 11.5. The van der Waals surface area contributed by atoms with Crippen LogP contribution in [0.3, 0.4) is 0 Å². The highest BCUT2D eigenvalue weighted by atomic mass is 35.5. The third kappa shape index (κ3) is 4.16. The molecule has 1 aromatic rings.